The molecule has 2 aliphatic heterocycles. The molecule has 1 unspecified atom stereocenters. The van der Waals surface area contributed by atoms with E-state index in [1.165, 1.54) is 0 Å². The number of rotatable bonds is 6. The van der Waals surface area contributed by atoms with Crippen molar-refractivity contribution in [2.45, 2.75) is 32.7 Å². The van der Waals surface area contributed by atoms with Gasteiger partial charge in [-0.15, -0.1) is 0 Å². The highest BCUT2D eigenvalue weighted by Crippen LogP contribution is 2.24. The summed E-state index contributed by atoms with van der Waals surface area (Å²) < 4.78 is 1.82. The highest BCUT2D eigenvalue weighted by Gasteiger charge is 2.32. The number of hydrogen-bond donors (Lipinski definition) is 0. The Labute approximate surface area is 207 Å². The van der Waals surface area contributed by atoms with Crippen molar-refractivity contribution in [3.63, 3.8) is 0 Å². The normalized spacial score (nSPS) is 19.3. The molecule has 2 aliphatic rings. The van der Waals surface area contributed by atoms with Gasteiger partial charge in [-0.3, -0.25) is 19.1 Å². The molecule has 1 atom stereocenters. The third-order valence-electron chi connectivity index (χ3n) is 7.31. The van der Waals surface area contributed by atoms with Gasteiger partial charge in [0.05, 0.1) is 23.5 Å². The Morgan fingerprint density at radius 3 is 2.49 bits per heavy atom. The summed E-state index contributed by atoms with van der Waals surface area (Å²) in [5.74, 6) is 0.609. The largest absolute Gasteiger partial charge is 0.351 e. The number of piperidine rings is 1. The summed E-state index contributed by atoms with van der Waals surface area (Å²) in [5.41, 5.74) is 2.62. The molecule has 2 saturated heterocycles. The fraction of sp³-hybridized carbons (Fsp3) is 0.464. The van der Waals surface area contributed by atoms with Gasteiger partial charge in [0.15, 0.2) is 5.82 Å². The maximum Gasteiger partial charge on any atom is 0.294 e. The second kappa shape index (κ2) is 10.6. The monoisotopic (exact) mass is 473 g/mol. The molecule has 0 aliphatic carbocycles. The van der Waals surface area contributed by atoms with Crippen molar-refractivity contribution >= 4 is 22.8 Å². The average Bonchev–Trinajstić information content (AvgIpc) is 2.91. The number of nitrogens with zero attached hydrogens (tertiary/aromatic N) is 5. The number of hydrogen-bond acceptors (Lipinski definition) is 5. The van der Waals surface area contributed by atoms with Gasteiger partial charge in [-0.1, -0.05) is 49.4 Å². The summed E-state index contributed by atoms with van der Waals surface area (Å²) in [6.07, 6.45) is 2.90. The Balaban J connectivity index is 1.38. The van der Waals surface area contributed by atoms with E-state index in [4.69, 9.17) is 4.98 Å². The van der Waals surface area contributed by atoms with Crippen LogP contribution in [0.1, 0.15) is 31.7 Å². The van der Waals surface area contributed by atoms with Crippen molar-refractivity contribution < 1.29 is 4.79 Å². The molecule has 5 rings (SSSR count). The predicted molar refractivity (Wildman–Crippen MR) is 140 cm³/mol. The van der Waals surface area contributed by atoms with Crippen LogP contribution in [0.4, 0.5) is 5.82 Å². The smallest absolute Gasteiger partial charge is 0.294 e. The lowest BCUT2D eigenvalue weighted by atomic mass is 9.96. The molecule has 184 valence electrons. The number of amides is 1. The van der Waals surface area contributed by atoms with Gasteiger partial charge >= 0.3 is 0 Å². The Morgan fingerprint density at radius 1 is 0.971 bits per heavy atom. The molecular formula is C28H35N5O2. The molecule has 0 saturated carbocycles. The molecule has 0 N–H and O–H groups in total. The number of fused-ring (bicyclic) bond motifs is 1. The fourth-order valence-electron chi connectivity index (χ4n) is 5.45. The molecule has 35 heavy (non-hydrogen) atoms. The van der Waals surface area contributed by atoms with Crippen LogP contribution in [0, 0.1) is 5.92 Å². The van der Waals surface area contributed by atoms with Gasteiger partial charge in [0, 0.05) is 39.3 Å². The first kappa shape index (κ1) is 23.5. The van der Waals surface area contributed by atoms with E-state index in [0.717, 1.165) is 75.1 Å². The van der Waals surface area contributed by atoms with Gasteiger partial charge in [0.1, 0.15) is 0 Å². The van der Waals surface area contributed by atoms with E-state index in [1.807, 2.05) is 64.1 Å². The van der Waals surface area contributed by atoms with Crippen LogP contribution in [0.2, 0.25) is 0 Å². The lowest BCUT2D eigenvalue weighted by molar-refractivity contribution is -0.137. The molecule has 1 amide bonds. The minimum atomic E-state index is -0.0890. The number of benzene rings is 2. The molecular weight excluding hydrogens is 438 g/mol. The number of carbonyl (C=O) groups excluding carboxylic acids is 1. The molecule has 2 fully saturated rings. The van der Waals surface area contributed by atoms with Gasteiger partial charge in [0.25, 0.3) is 5.56 Å². The first-order valence-corrected chi connectivity index (χ1v) is 12.9. The lowest BCUT2D eigenvalue weighted by Crippen LogP contribution is -2.53. The number of piperazine rings is 1. The second-order valence-electron chi connectivity index (χ2n) is 9.75. The molecule has 3 heterocycles. The zero-order valence-electron chi connectivity index (χ0n) is 20.6. The molecule has 0 spiro atoms. The summed E-state index contributed by atoms with van der Waals surface area (Å²) in [4.78, 5) is 38.4. The summed E-state index contributed by atoms with van der Waals surface area (Å²) in [6, 6.07) is 17.9. The van der Waals surface area contributed by atoms with Crippen LogP contribution >= 0.6 is 0 Å². The number of para-hydroxylation sites is 2. The maximum absolute atomic E-state index is 13.7. The van der Waals surface area contributed by atoms with Crippen LogP contribution in [0.3, 0.4) is 0 Å². The molecule has 1 aromatic heterocycles. The van der Waals surface area contributed by atoms with Gasteiger partial charge in [-0.05, 0) is 43.5 Å². The van der Waals surface area contributed by atoms with E-state index in [2.05, 4.69) is 16.7 Å². The molecule has 2 aromatic carbocycles. The van der Waals surface area contributed by atoms with E-state index in [0.29, 0.717) is 18.9 Å². The second-order valence-corrected chi connectivity index (χ2v) is 9.75. The minimum Gasteiger partial charge on any atom is -0.351 e. The Hall–Kier alpha value is -3.19. The number of carbonyl (C=O) groups is 1. The predicted octanol–water partition coefficient (Wildman–Crippen LogP) is 3.22. The Bertz CT molecular complexity index is 1220. The SMILES string of the molecule is CCCN1CCN(C(=O)C2CCCN(c3nc4ccccc4n(Cc4ccccc4)c3=O)C2)CC1. The maximum atomic E-state index is 13.7. The standard InChI is InChI=1S/C28H35N5O2/c1-2-14-30-16-18-31(19-17-30)27(34)23-11-8-15-32(21-23)26-28(35)33(20-22-9-4-3-5-10-22)25-13-7-6-12-24(25)29-26/h3-7,9-10,12-13,23H,2,8,11,14-21H2,1H3. The van der Waals surface area contributed by atoms with Crippen molar-refractivity contribution in [1.29, 1.82) is 0 Å². The van der Waals surface area contributed by atoms with Crippen molar-refractivity contribution in [1.82, 2.24) is 19.4 Å². The van der Waals surface area contributed by atoms with Crippen molar-refractivity contribution in [3.05, 3.63) is 70.5 Å². The van der Waals surface area contributed by atoms with Gasteiger partial charge in [-0.25, -0.2) is 4.98 Å². The number of aromatic nitrogens is 2. The van der Waals surface area contributed by atoms with Crippen molar-refractivity contribution in [2.75, 3.05) is 50.7 Å². The highest BCUT2D eigenvalue weighted by molar-refractivity contribution is 5.80. The molecule has 0 radical (unpaired) electrons. The molecule has 3 aromatic rings. The minimum absolute atomic E-state index is 0.0864. The first-order chi connectivity index (χ1) is 17.1. The van der Waals surface area contributed by atoms with E-state index >= 15 is 0 Å². The third kappa shape index (κ3) is 5.10. The van der Waals surface area contributed by atoms with Crippen molar-refractivity contribution in [3.8, 4) is 0 Å². The quantitative estimate of drug-likeness (QED) is 0.550. The van der Waals surface area contributed by atoms with Gasteiger partial charge in [0.2, 0.25) is 5.91 Å². The summed E-state index contributed by atoms with van der Waals surface area (Å²) in [7, 11) is 0. The first-order valence-electron chi connectivity index (χ1n) is 12.9. The summed E-state index contributed by atoms with van der Waals surface area (Å²) in [5, 5.41) is 0. The van der Waals surface area contributed by atoms with Crippen LogP contribution in [-0.4, -0.2) is 71.1 Å². The van der Waals surface area contributed by atoms with E-state index in [1.54, 1.807) is 0 Å². The van der Waals surface area contributed by atoms with Crippen LogP contribution < -0.4 is 10.5 Å². The van der Waals surface area contributed by atoms with Crippen LogP contribution in [0.25, 0.3) is 11.0 Å². The fourth-order valence-corrected chi connectivity index (χ4v) is 5.45. The zero-order valence-corrected chi connectivity index (χ0v) is 20.6. The van der Waals surface area contributed by atoms with E-state index in [-0.39, 0.29) is 17.4 Å². The molecule has 7 nitrogen and oxygen atoms in total. The van der Waals surface area contributed by atoms with Crippen molar-refractivity contribution in [2.24, 2.45) is 5.92 Å². The topological polar surface area (TPSA) is 61.7 Å². The van der Waals surface area contributed by atoms with Crippen LogP contribution in [0.5, 0.6) is 0 Å². The summed E-state index contributed by atoms with van der Waals surface area (Å²) in [6.45, 7) is 8.60. The van der Waals surface area contributed by atoms with Crippen LogP contribution in [0.15, 0.2) is 59.4 Å². The Kier molecular flexibility index (Phi) is 7.13. The molecule has 7 heteroatoms. The summed E-state index contributed by atoms with van der Waals surface area (Å²) >= 11 is 0. The average molecular weight is 474 g/mol. The third-order valence-corrected chi connectivity index (χ3v) is 7.31. The van der Waals surface area contributed by atoms with Crippen LogP contribution in [-0.2, 0) is 11.3 Å². The molecule has 0 bridgehead atoms. The van der Waals surface area contributed by atoms with Gasteiger partial charge in [-0.2, -0.15) is 0 Å². The Morgan fingerprint density at radius 2 is 1.71 bits per heavy atom. The highest BCUT2D eigenvalue weighted by atomic mass is 16.2. The lowest BCUT2D eigenvalue weighted by Gasteiger charge is -2.39. The number of anilines is 1. The van der Waals surface area contributed by atoms with E-state index in [9.17, 15) is 9.59 Å². The van der Waals surface area contributed by atoms with Gasteiger partial charge < -0.3 is 9.80 Å². The van der Waals surface area contributed by atoms with E-state index < -0.39 is 0 Å². The zero-order chi connectivity index (χ0) is 24.2.